The topological polar surface area (TPSA) is 192 Å². The Labute approximate surface area is 350 Å². The van der Waals surface area contributed by atoms with E-state index in [-0.39, 0.29) is 36.8 Å². The lowest BCUT2D eigenvalue weighted by atomic mass is 9.75. The number of likely N-dealkylation sites (tertiary alicyclic amines) is 1. The second kappa shape index (κ2) is 18.5. The number of aliphatic hydroxyl groups excluding tert-OH is 2. The van der Waals surface area contributed by atoms with Gasteiger partial charge in [-0.2, -0.15) is 0 Å². The number of rotatable bonds is 9. The lowest BCUT2D eigenvalue weighted by Gasteiger charge is -2.51. The molecule has 4 heterocycles. The number of Topliss-reactive ketones (excluding diaryl/α,β-unsaturated/α-hetero) is 1. The molecule has 16 heteroatoms. The molecule has 1 aliphatic carbocycles. The highest BCUT2D eigenvalue weighted by atomic mass is 16.7. The van der Waals surface area contributed by atoms with Crippen molar-refractivity contribution in [3.63, 3.8) is 0 Å². The Morgan fingerprint density at radius 2 is 1.53 bits per heavy atom. The molecule has 5 fully saturated rings. The fourth-order valence-corrected chi connectivity index (χ4v) is 10.7. The van der Waals surface area contributed by atoms with E-state index in [0.717, 1.165) is 6.54 Å². The number of β-amino-alcohol motifs (C(OH)–C–C–N with tert-alkyl or cyclic N) is 1. The molecule has 4 saturated heterocycles. The Morgan fingerprint density at radius 1 is 0.898 bits per heavy atom. The number of nitrogens with zero attached hydrogens (tertiary/aromatic N) is 2. The number of fused-ring (bicyclic) bond motifs is 1. The predicted octanol–water partition coefficient (Wildman–Crippen LogP) is 2.30. The lowest BCUT2D eigenvalue weighted by molar-refractivity contribution is -0.315. The summed E-state index contributed by atoms with van der Waals surface area (Å²) >= 11 is 0. The number of carbonyl (C=O) groups is 3. The van der Waals surface area contributed by atoms with E-state index < -0.39 is 114 Å². The first kappa shape index (κ1) is 48.2. The first-order chi connectivity index (χ1) is 27.4. The van der Waals surface area contributed by atoms with E-state index in [4.69, 9.17) is 37.9 Å². The fraction of sp³-hybridized carbons (Fsp3) is 0.930. The number of methoxy groups -OCH3 is 2. The Balaban J connectivity index is 1.60. The molecule has 0 spiro atoms. The van der Waals surface area contributed by atoms with E-state index in [0.29, 0.717) is 19.4 Å². The van der Waals surface area contributed by atoms with Gasteiger partial charge in [-0.25, -0.2) is 0 Å². The number of hydrogen-bond donors (Lipinski definition) is 3. The molecule has 5 rings (SSSR count). The van der Waals surface area contributed by atoms with Crippen LogP contribution >= 0.6 is 0 Å². The van der Waals surface area contributed by atoms with Crippen LogP contribution in [0.1, 0.15) is 94.9 Å². The van der Waals surface area contributed by atoms with Crippen LogP contribution in [0, 0.1) is 29.6 Å². The summed E-state index contributed by atoms with van der Waals surface area (Å²) in [6, 6.07) is -0.304. The van der Waals surface area contributed by atoms with Gasteiger partial charge in [-0.3, -0.25) is 19.3 Å². The van der Waals surface area contributed by atoms with Crippen LogP contribution in [0.15, 0.2) is 0 Å². The highest BCUT2D eigenvalue weighted by molar-refractivity contribution is 5.84. The molecule has 5 aliphatic rings. The van der Waals surface area contributed by atoms with E-state index in [2.05, 4.69) is 9.80 Å². The third-order valence-corrected chi connectivity index (χ3v) is 14.5. The zero-order chi connectivity index (χ0) is 44.1. The molecule has 3 N–H and O–H groups in total. The van der Waals surface area contributed by atoms with Crippen LogP contribution in [-0.4, -0.2) is 175 Å². The maximum atomic E-state index is 14.3. The van der Waals surface area contributed by atoms with Gasteiger partial charge in [0, 0.05) is 70.4 Å². The number of hydrogen-bond acceptors (Lipinski definition) is 16. The molecule has 0 radical (unpaired) electrons. The number of esters is 2. The standard InChI is InChI=1S/C43H74N2O14/c1-21-18-41(9,52-13)36(59-40-32(44(11)12)30(17-22(2)54-40)45-16-15-29(47)20-45)24(4)34(57-31-19-42(10,53-14)38(27(7)55-31)56-28(8)46)25(5)39(50)58-37-26(6)43(37,51)35(49)23(3)33(21)48/h21-27,29-32,34-38,40,47,49,51H,15-20H2,1-14H3/t21-,22-,23+,24+,25-,26?,27+,29+,30-,31+,32+,34+,35-,36-,37-,38+,40+,41+,42-,43+/m1/s1. The van der Waals surface area contributed by atoms with Crippen LogP contribution in [0.5, 0.6) is 0 Å². The van der Waals surface area contributed by atoms with Gasteiger partial charge in [0.2, 0.25) is 0 Å². The summed E-state index contributed by atoms with van der Waals surface area (Å²) in [5.41, 5.74) is -4.06. The van der Waals surface area contributed by atoms with Crippen LogP contribution in [0.25, 0.3) is 0 Å². The van der Waals surface area contributed by atoms with Crippen molar-refractivity contribution < 1.29 is 67.6 Å². The zero-order valence-electron chi connectivity index (χ0n) is 37.8. The Kier molecular flexibility index (Phi) is 15.1. The SMILES string of the molecule is CO[C@]1(C)C[C@H](O[C@H]2[C@H](C)[C@@H](O[C@@H]3O[C@H](C)C[C@@H](N4CC[C@H](O)C4)[C@@H]3N(C)C)[C@@](C)(OC)C[C@@H](C)C(=O)[C@H](C)[C@@H](O)[C@@]3(O)C(C)[C@H]3OC(=O)[C@@H]2C)O[C@@H](C)[C@@H]1OC(C)=O. The summed E-state index contributed by atoms with van der Waals surface area (Å²) in [6.45, 7) is 18.7. The minimum atomic E-state index is -1.82. The molecule has 0 aromatic rings. The van der Waals surface area contributed by atoms with Gasteiger partial charge >= 0.3 is 11.9 Å². The van der Waals surface area contributed by atoms with Crippen LogP contribution in [-0.2, 0) is 52.3 Å². The Morgan fingerprint density at radius 3 is 2.08 bits per heavy atom. The smallest absolute Gasteiger partial charge is 0.311 e. The van der Waals surface area contributed by atoms with Gasteiger partial charge in [0.05, 0.1) is 54.2 Å². The lowest BCUT2D eigenvalue weighted by Crippen LogP contribution is -2.64. The van der Waals surface area contributed by atoms with Crippen molar-refractivity contribution in [3.8, 4) is 0 Å². The first-order valence-corrected chi connectivity index (χ1v) is 21.6. The van der Waals surface area contributed by atoms with Gasteiger partial charge < -0.3 is 58.1 Å². The van der Waals surface area contributed by atoms with E-state index >= 15 is 0 Å². The van der Waals surface area contributed by atoms with Gasteiger partial charge in [-0.1, -0.05) is 27.7 Å². The third-order valence-electron chi connectivity index (χ3n) is 14.5. The number of likely N-dealkylation sites (N-methyl/N-ethyl adjacent to an activating group) is 1. The maximum absolute atomic E-state index is 14.3. The maximum Gasteiger partial charge on any atom is 0.311 e. The number of ketones is 1. The summed E-state index contributed by atoms with van der Waals surface area (Å²) in [4.78, 5) is 45.0. The van der Waals surface area contributed by atoms with Crippen molar-refractivity contribution >= 4 is 17.7 Å². The summed E-state index contributed by atoms with van der Waals surface area (Å²) in [5, 5.41) is 33.7. The molecular weight excluding hydrogens is 768 g/mol. The fourth-order valence-electron chi connectivity index (χ4n) is 10.7. The minimum absolute atomic E-state index is 0.0180. The second-order valence-electron chi connectivity index (χ2n) is 19.1. The van der Waals surface area contributed by atoms with Crippen LogP contribution in [0.3, 0.4) is 0 Å². The summed E-state index contributed by atoms with van der Waals surface area (Å²) < 4.78 is 51.3. The van der Waals surface area contributed by atoms with E-state index in [1.54, 1.807) is 41.7 Å². The average molecular weight is 843 g/mol. The van der Waals surface area contributed by atoms with Crippen LogP contribution in [0.2, 0.25) is 0 Å². The van der Waals surface area contributed by atoms with Gasteiger partial charge in [0.1, 0.15) is 23.1 Å². The number of aliphatic hydroxyl groups is 3. The predicted molar refractivity (Wildman–Crippen MR) is 214 cm³/mol. The molecule has 59 heavy (non-hydrogen) atoms. The van der Waals surface area contributed by atoms with Crippen molar-refractivity contribution in [3.05, 3.63) is 0 Å². The third kappa shape index (κ3) is 9.58. The molecule has 16 nitrogen and oxygen atoms in total. The van der Waals surface area contributed by atoms with Crippen molar-refractivity contribution in [2.75, 3.05) is 41.4 Å². The average Bonchev–Trinajstić information content (AvgIpc) is 3.44. The first-order valence-electron chi connectivity index (χ1n) is 21.6. The zero-order valence-corrected chi connectivity index (χ0v) is 37.8. The molecule has 0 aromatic carbocycles. The van der Waals surface area contributed by atoms with E-state index in [1.807, 2.05) is 41.8 Å². The monoisotopic (exact) mass is 843 g/mol. The minimum Gasteiger partial charge on any atom is -0.458 e. The highest BCUT2D eigenvalue weighted by Gasteiger charge is 2.70. The normalized spacial score (nSPS) is 49.2. The van der Waals surface area contributed by atoms with Crippen molar-refractivity contribution in [1.82, 2.24) is 9.80 Å². The van der Waals surface area contributed by atoms with E-state index in [1.165, 1.54) is 14.0 Å². The van der Waals surface area contributed by atoms with E-state index in [9.17, 15) is 29.7 Å². The molecule has 1 saturated carbocycles. The molecule has 0 amide bonds. The number of ether oxygens (including phenoxy) is 8. The number of carbonyl (C=O) groups excluding carboxylic acids is 3. The molecule has 0 bridgehead atoms. The molecule has 1 unspecified atom stereocenters. The molecule has 0 aromatic heterocycles. The molecular formula is C43H74N2O14. The van der Waals surface area contributed by atoms with Gasteiger partial charge in [-0.15, -0.1) is 0 Å². The highest BCUT2D eigenvalue weighted by Crippen LogP contribution is 2.52. The quantitative estimate of drug-likeness (QED) is 0.286. The van der Waals surface area contributed by atoms with Gasteiger partial charge in [0.15, 0.2) is 18.7 Å². The molecule has 340 valence electrons. The van der Waals surface area contributed by atoms with Gasteiger partial charge in [-0.05, 0) is 68.0 Å². The largest absolute Gasteiger partial charge is 0.458 e. The summed E-state index contributed by atoms with van der Waals surface area (Å²) in [6.07, 6.45) is -6.58. The van der Waals surface area contributed by atoms with Gasteiger partial charge in [0.25, 0.3) is 0 Å². The molecule has 4 aliphatic heterocycles. The molecule has 20 atom stereocenters. The van der Waals surface area contributed by atoms with Crippen molar-refractivity contribution in [1.29, 1.82) is 0 Å². The summed E-state index contributed by atoms with van der Waals surface area (Å²) in [7, 11) is 7.03. The van der Waals surface area contributed by atoms with Crippen molar-refractivity contribution in [2.45, 2.75) is 185 Å². The Bertz CT molecular complexity index is 1490. The second-order valence-corrected chi connectivity index (χ2v) is 19.1. The Hall–Kier alpha value is -1.83. The van der Waals surface area contributed by atoms with Crippen LogP contribution < -0.4 is 0 Å². The van der Waals surface area contributed by atoms with Crippen LogP contribution in [0.4, 0.5) is 0 Å². The van der Waals surface area contributed by atoms with Crippen molar-refractivity contribution in [2.24, 2.45) is 29.6 Å². The summed E-state index contributed by atoms with van der Waals surface area (Å²) in [5.74, 6) is -5.40.